The summed E-state index contributed by atoms with van der Waals surface area (Å²) in [6, 6.07) is 3.68. The zero-order valence-electron chi connectivity index (χ0n) is 12.4. The van der Waals surface area contributed by atoms with Gasteiger partial charge in [-0.25, -0.2) is 0 Å². The number of methoxy groups -OCH3 is 3. The quantitative estimate of drug-likeness (QED) is 0.825. The molecule has 0 saturated heterocycles. The van der Waals surface area contributed by atoms with Gasteiger partial charge in [-0.3, -0.25) is 0 Å². The molecule has 0 aliphatic carbocycles. The van der Waals surface area contributed by atoms with Crippen LogP contribution in [0.3, 0.4) is 0 Å². The summed E-state index contributed by atoms with van der Waals surface area (Å²) in [6.07, 6.45) is 0.713. The Morgan fingerprint density at radius 2 is 1.53 bits per heavy atom. The van der Waals surface area contributed by atoms with Gasteiger partial charge < -0.3 is 19.3 Å². The van der Waals surface area contributed by atoms with Crippen LogP contribution in [0.5, 0.6) is 17.2 Å². The molecule has 0 spiro atoms. The Labute approximate surface area is 115 Å². The van der Waals surface area contributed by atoms with Crippen LogP contribution in [0, 0.1) is 11.8 Å². The van der Waals surface area contributed by atoms with Gasteiger partial charge in [0, 0.05) is 24.3 Å². The van der Waals surface area contributed by atoms with E-state index in [-0.39, 0.29) is 12.5 Å². The van der Waals surface area contributed by atoms with Gasteiger partial charge in [0.15, 0.2) is 0 Å². The molecule has 1 rings (SSSR count). The zero-order chi connectivity index (χ0) is 14.4. The minimum atomic E-state index is 0.149. The SMILES string of the molecule is COc1cc(OC)c(CC(CO)C(C)C)c(OC)c1. The van der Waals surface area contributed by atoms with Crippen LogP contribution in [0.15, 0.2) is 12.1 Å². The Morgan fingerprint density at radius 1 is 1.00 bits per heavy atom. The zero-order valence-corrected chi connectivity index (χ0v) is 12.4. The summed E-state index contributed by atoms with van der Waals surface area (Å²) < 4.78 is 16.1. The number of rotatable bonds is 7. The molecule has 19 heavy (non-hydrogen) atoms. The van der Waals surface area contributed by atoms with E-state index in [2.05, 4.69) is 13.8 Å². The van der Waals surface area contributed by atoms with Crippen molar-refractivity contribution < 1.29 is 19.3 Å². The summed E-state index contributed by atoms with van der Waals surface area (Å²) in [4.78, 5) is 0. The molecule has 108 valence electrons. The predicted octanol–water partition coefficient (Wildman–Crippen LogP) is 2.52. The molecule has 0 aliphatic heterocycles. The van der Waals surface area contributed by atoms with E-state index in [4.69, 9.17) is 14.2 Å². The van der Waals surface area contributed by atoms with E-state index in [1.54, 1.807) is 21.3 Å². The minimum Gasteiger partial charge on any atom is -0.496 e. The molecule has 4 heteroatoms. The van der Waals surface area contributed by atoms with Crippen molar-refractivity contribution in [1.29, 1.82) is 0 Å². The van der Waals surface area contributed by atoms with Crippen LogP contribution in [-0.2, 0) is 6.42 Å². The summed E-state index contributed by atoms with van der Waals surface area (Å²) in [5.41, 5.74) is 0.971. The molecular weight excluding hydrogens is 244 g/mol. The second-order valence-corrected chi connectivity index (χ2v) is 4.90. The molecule has 4 nitrogen and oxygen atoms in total. The molecular formula is C15H24O4. The van der Waals surface area contributed by atoms with Gasteiger partial charge in [0.25, 0.3) is 0 Å². The Kier molecular flexibility index (Phi) is 5.96. The van der Waals surface area contributed by atoms with Crippen molar-refractivity contribution in [2.24, 2.45) is 11.8 Å². The maximum Gasteiger partial charge on any atom is 0.129 e. The first-order valence-corrected chi connectivity index (χ1v) is 6.47. The van der Waals surface area contributed by atoms with E-state index in [1.807, 2.05) is 12.1 Å². The van der Waals surface area contributed by atoms with Crippen molar-refractivity contribution in [2.75, 3.05) is 27.9 Å². The molecule has 1 N–H and O–H groups in total. The van der Waals surface area contributed by atoms with Crippen LogP contribution >= 0.6 is 0 Å². The van der Waals surface area contributed by atoms with Crippen molar-refractivity contribution in [3.8, 4) is 17.2 Å². The largest absolute Gasteiger partial charge is 0.496 e. The average molecular weight is 268 g/mol. The van der Waals surface area contributed by atoms with Gasteiger partial charge in [-0.05, 0) is 18.3 Å². The molecule has 1 aromatic carbocycles. The molecule has 1 unspecified atom stereocenters. The lowest BCUT2D eigenvalue weighted by Crippen LogP contribution is -2.17. The smallest absolute Gasteiger partial charge is 0.129 e. The third-order valence-electron chi connectivity index (χ3n) is 3.46. The molecule has 0 bridgehead atoms. The second kappa shape index (κ2) is 7.24. The Balaban J connectivity index is 3.16. The van der Waals surface area contributed by atoms with Gasteiger partial charge in [0.05, 0.1) is 21.3 Å². The maximum absolute atomic E-state index is 9.48. The summed E-state index contributed by atoms with van der Waals surface area (Å²) >= 11 is 0. The molecule has 1 atom stereocenters. The van der Waals surface area contributed by atoms with E-state index in [0.29, 0.717) is 18.1 Å². The Bertz CT molecular complexity index is 376. The first kappa shape index (κ1) is 15.6. The van der Waals surface area contributed by atoms with Crippen LogP contribution in [0.2, 0.25) is 0 Å². The van der Waals surface area contributed by atoms with Crippen LogP contribution in [0.1, 0.15) is 19.4 Å². The lowest BCUT2D eigenvalue weighted by Gasteiger charge is -2.21. The van der Waals surface area contributed by atoms with Gasteiger partial charge in [-0.1, -0.05) is 13.8 Å². The highest BCUT2D eigenvalue weighted by molar-refractivity contribution is 5.51. The van der Waals surface area contributed by atoms with E-state index >= 15 is 0 Å². The van der Waals surface area contributed by atoms with Gasteiger partial charge in [0.1, 0.15) is 17.2 Å². The summed E-state index contributed by atoms with van der Waals surface area (Å²) in [6.45, 7) is 4.35. The van der Waals surface area contributed by atoms with E-state index in [9.17, 15) is 5.11 Å². The predicted molar refractivity (Wildman–Crippen MR) is 75.2 cm³/mol. The normalized spacial score (nSPS) is 12.4. The number of ether oxygens (including phenoxy) is 3. The first-order valence-electron chi connectivity index (χ1n) is 6.47. The molecule has 0 aliphatic rings. The summed E-state index contributed by atoms with van der Waals surface area (Å²) in [7, 11) is 4.86. The van der Waals surface area contributed by atoms with Gasteiger partial charge in [0.2, 0.25) is 0 Å². The molecule has 0 amide bonds. The third-order valence-corrected chi connectivity index (χ3v) is 3.46. The Hall–Kier alpha value is -1.42. The van der Waals surface area contributed by atoms with Crippen molar-refractivity contribution >= 4 is 0 Å². The number of aliphatic hydroxyl groups excluding tert-OH is 1. The van der Waals surface area contributed by atoms with E-state index in [0.717, 1.165) is 17.1 Å². The standard InChI is InChI=1S/C15H24O4/c1-10(2)11(9-16)6-13-14(18-4)7-12(17-3)8-15(13)19-5/h7-8,10-11,16H,6,9H2,1-5H3. The fourth-order valence-corrected chi connectivity index (χ4v) is 2.05. The molecule has 1 aromatic rings. The van der Waals surface area contributed by atoms with E-state index in [1.165, 1.54) is 0 Å². The first-order chi connectivity index (χ1) is 9.07. The van der Waals surface area contributed by atoms with Crippen LogP contribution < -0.4 is 14.2 Å². The minimum absolute atomic E-state index is 0.149. The van der Waals surface area contributed by atoms with Crippen LogP contribution in [0.4, 0.5) is 0 Å². The molecule has 0 fully saturated rings. The second-order valence-electron chi connectivity index (χ2n) is 4.90. The fourth-order valence-electron chi connectivity index (χ4n) is 2.05. The monoisotopic (exact) mass is 268 g/mol. The molecule has 0 radical (unpaired) electrons. The molecule has 0 heterocycles. The fraction of sp³-hybridized carbons (Fsp3) is 0.600. The third kappa shape index (κ3) is 3.77. The molecule has 0 aromatic heterocycles. The van der Waals surface area contributed by atoms with Gasteiger partial charge in [-0.2, -0.15) is 0 Å². The highest BCUT2D eigenvalue weighted by Crippen LogP contribution is 2.36. The molecule has 0 saturated carbocycles. The van der Waals surface area contributed by atoms with Crippen LogP contribution in [0.25, 0.3) is 0 Å². The van der Waals surface area contributed by atoms with Crippen molar-refractivity contribution in [3.05, 3.63) is 17.7 Å². The lowest BCUT2D eigenvalue weighted by molar-refractivity contribution is 0.187. The number of benzene rings is 1. The highest BCUT2D eigenvalue weighted by atomic mass is 16.5. The highest BCUT2D eigenvalue weighted by Gasteiger charge is 2.20. The van der Waals surface area contributed by atoms with Crippen molar-refractivity contribution in [2.45, 2.75) is 20.3 Å². The topological polar surface area (TPSA) is 47.9 Å². The number of hydrogen-bond acceptors (Lipinski definition) is 4. The van der Waals surface area contributed by atoms with Crippen LogP contribution in [-0.4, -0.2) is 33.0 Å². The summed E-state index contributed by atoms with van der Waals surface area (Å²) in [5.74, 6) is 2.73. The number of hydrogen-bond donors (Lipinski definition) is 1. The average Bonchev–Trinajstić information content (AvgIpc) is 2.43. The van der Waals surface area contributed by atoms with Crippen molar-refractivity contribution in [3.63, 3.8) is 0 Å². The van der Waals surface area contributed by atoms with E-state index < -0.39 is 0 Å². The summed E-state index contributed by atoms with van der Waals surface area (Å²) in [5, 5.41) is 9.48. The van der Waals surface area contributed by atoms with Gasteiger partial charge >= 0.3 is 0 Å². The van der Waals surface area contributed by atoms with Gasteiger partial charge in [-0.15, -0.1) is 0 Å². The maximum atomic E-state index is 9.48. The Morgan fingerprint density at radius 3 is 1.84 bits per heavy atom. The van der Waals surface area contributed by atoms with Crippen molar-refractivity contribution in [1.82, 2.24) is 0 Å². The number of aliphatic hydroxyl groups is 1. The lowest BCUT2D eigenvalue weighted by atomic mass is 9.89.